The lowest BCUT2D eigenvalue weighted by atomic mass is 10.0. The van der Waals surface area contributed by atoms with Crippen molar-refractivity contribution in [2.45, 2.75) is 31.7 Å². The lowest BCUT2D eigenvalue weighted by molar-refractivity contribution is -0.142. The summed E-state index contributed by atoms with van der Waals surface area (Å²) in [6.45, 7) is 2.34. The third-order valence-electron chi connectivity index (χ3n) is 6.84. The maximum absolute atomic E-state index is 12.9. The van der Waals surface area contributed by atoms with Crippen LogP contribution < -0.4 is 15.1 Å². The first-order chi connectivity index (χ1) is 16.5. The second-order valence-electron chi connectivity index (χ2n) is 9.08. The van der Waals surface area contributed by atoms with Gasteiger partial charge in [-0.25, -0.2) is 4.79 Å². The molecule has 0 saturated carbocycles. The van der Waals surface area contributed by atoms with Gasteiger partial charge in [-0.05, 0) is 48.7 Å². The molecule has 3 aromatic rings. The number of hydrogen-bond acceptors (Lipinski definition) is 4. The van der Waals surface area contributed by atoms with Crippen molar-refractivity contribution in [3.63, 3.8) is 0 Å². The van der Waals surface area contributed by atoms with E-state index >= 15 is 0 Å². The summed E-state index contributed by atoms with van der Waals surface area (Å²) in [6.07, 6.45) is 4.40. The molecule has 0 spiro atoms. The highest BCUT2D eigenvalue weighted by molar-refractivity contribution is 6.01. The molecule has 2 saturated heterocycles. The second-order valence-corrected chi connectivity index (χ2v) is 9.08. The highest BCUT2D eigenvalue weighted by atomic mass is 16.4. The van der Waals surface area contributed by atoms with Crippen LogP contribution in [0.3, 0.4) is 0 Å². The van der Waals surface area contributed by atoms with Gasteiger partial charge < -0.3 is 25.2 Å². The number of nitrogens with zero attached hydrogens (tertiary/aromatic N) is 2. The Hall–Kier alpha value is -3.81. The number of fused-ring (bicyclic) bond motifs is 1. The number of H-pyrrole nitrogens is 1. The zero-order valence-corrected chi connectivity index (χ0v) is 18.9. The molecule has 176 valence electrons. The Bertz CT molecular complexity index is 1210. The number of carboxylic acids is 1. The van der Waals surface area contributed by atoms with E-state index in [2.05, 4.69) is 15.2 Å². The first-order valence-electron chi connectivity index (χ1n) is 11.7. The number of benzene rings is 2. The summed E-state index contributed by atoms with van der Waals surface area (Å²) in [5.41, 5.74) is 3.65. The van der Waals surface area contributed by atoms with Crippen molar-refractivity contribution in [3.05, 3.63) is 60.3 Å². The Morgan fingerprint density at radius 2 is 1.76 bits per heavy atom. The largest absolute Gasteiger partial charge is 0.480 e. The molecule has 8 heteroatoms. The number of aromatic nitrogens is 1. The molecular weight excluding hydrogens is 432 g/mol. The van der Waals surface area contributed by atoms with Gasteiger partial charge in [0.25, 0.3) is 0 Å². The van der Waals surface area contributed by atoms with E-state index in [0.717, 1.165) is 40.9 Å². The summed E-state index contributed by atoms with van der Waals surface area (Å²) in [5, 5.41) is 13.3. The predicted molar refractivity (Wildman–Crippen MR) is 130 cm³/mol. The molecule has 5 rings (SSSR count). The lowest BCUT2D eigenvalue weighted by Gasteiger charge is -2.21. The van der Waals surface area contributed by atoms with E-state index in [0.29, 0.717) is 0 Å². The SMILES string of the molecule is O=C(NC(Cc1c[nH]c2ccccc12)C(=O)O)C1CC(=O)N(c2ccc(N3CCCC3)cc2)C1. The lowest BCUT2D eigenvalue weighted by Crippen LogP contribution is -2.45. The van der Waals surface area contributed by atoms with Crippen molar-refractivity contribution >= 4 is 40.1 Å². The fourth-order valence-corrected chi connectivity index (χ4v) is 4.96. The summed E-state index contributed by atoms with van der Waals surface area (Å²) in [4.78, 5) is 44.6. The fourth-order valence-electron chi connectivity index (χ4n) is 4.96. The Balaban J connectivity index is 1.24. The normalized spacial score (nSPS) is 19.1. The Kier molecular flexibility index (Phi) is 5.96. The molecule has 2 unspecified atom stereocenters. The van der Waals surface area contributed by atoms with Crippen LogP contribution in [0, 0.1) is 5.92 Å². The van der Waals surface area contributed by atoms with Crippen LogP contribution in [0.25, 0.3) is 10.9 Å². The minimum absolute atomic E-state index is 0.0686. The zero-order chi connectivity index (χ0) is 23.7. The van der Waals surface area contributed by atoms with Gasteiger partial charge in [0.15, 0.2) is 0 Å². The number of carboxylic acid groups (broad SMARTS) is 1. The summed E-state index contributed by atoms with van der Waals surface area (Å²) in [7, 11) is 0. The van der Waals surface area contributed by atoms with Crippen LogP contribution in [0.5, 0.6) is 0 Å². The molecule has 1 aromatic heterocycles. The van der Waals surface area contributed by atoms with Gasteiger partial charge in [-0.15, -0.1) is 0 Å². The predicted octanol–water partition coefficient (Wildman–Crippen LogP) is 2.93. The summed E-state index contributed by atoms with van der Waals surface area (Å²) in [6, 6.07) is 14.4. The standard InChI is InChI=1S/C26H28N4O4/c31-24-14-18(16-30(24)20-9-7-19(8-10-20)29-11-3-4-12-29)25(32)28-23(26(33)34)13-17-15-27-22-6-2-1-5-21(17)22/h1-2,5-10,15,18,23,27H,3-4,11-14,16H2,(H,28,32)(H,33,34). The third kappa shape index (κ3) is 4.35. The molecule has 3 N–H and O–H groups in total. The molecule has 2 fully saturated rings. The Labute approximate surface area is 197 Å². The van der Waals surface area contributed by atoms with Crippen LogP contribution in [0.15, 0.2) is 54.7 Å². The van der Waals surface area contributed by atoms with Gasteiger partial charge in [0.1, 0.15) is 6.04 Å². The average Bonchev–Trinajstić information content (AvgIpc) is 3.59. The van der Waals surface area contributed by atoms with Crippen molar-refractivity contribution < 1.29 is 19.5 Å². The maximum Gasteiger partial charge on any atom is 0.326 e. The zero-order valence-electron chi connectivity index (χ0n) is 18.9. The van der Waals surface area contributed by atoms with Gasteiger partial charge >= 0.3 is 5.97 Å². The average molecular weight is 461 g/mol. The first-order valence-corrected chi connectivity index (χ1v) is 11.7. The van der Waals surface area contributed by atoms with Gasteiger partial charge in [-0.1, -0.05) is 18.2 Å². The van der Waals surface area contributed by atoms with E-state index in [-0.39, 0.29) is 25.3 Å². The molecule has 0 radical (unpaired) electrons. The van der Waals surface area contributed by atoms with E-state index in [1.165, 1.54) is 12.8 Å². The van der Waals surface area contributed by atoms with Crippen molar-refractivity contribution in [2.24, 2.45) is 5.92 Å². The van der Waals surface area contributed by atoms with Gasteiger partial charge in [0, 0.05) is 61.0 Å². The van der Waals surface area contributed by atoms with Crippen molar-refractivity contribution in [1.29, 1.82) is 0 Å². The molecule has 2 aromatic carbocycles. The van der Waals surface area contributed by atoms with Gasteiger partial charge in [-0.3, -0.25) is 9.59 Å². The van der Waals surface area contributed by atoms with Crippen LogP contribution in [-0.2, 0) is 20.8 Å². The number of hydrogen-bond donors (Lipinski definition) is 3. The highest BCUT2D eigenvalue weighted by Crippen LogP contribution is 2.29. The molecule has 2 aliphatic heterocycles. The number of aliphatic carboxylic acids is 1. The number of carbonyl (C=O) groups is 3. The maximum atomic E-state index is 12.9. The summed E-state index contributed by atoms with van der Waals surface area (Å²) >= 11 is 0. The second kappa shape index (κ2) is 9.21. The van der Waals surface area contributed by atoms with E-state index in [4.69, 9.17) is 0 Å². The topological polar surface area (TPSA) is 106 Å². The number of amides is 2. The molecule has 3 heterocycles. The molecule has 2 aliphatic rings. The van der Waals surface area contributed by atoms with Crippen LogP contribution in [0.2, 0.25) is 0 Å². The van der Waals surface area contributed by atoms with Gasteiger partial charge in [0.05, 0.1) is 5.92 Å². The van der Waals surface area contributed by atoms with Crippen molar-refractivity contribution in [1.82, 2.24) is 10.3 Å². The smallest absolute Gasteiger partial charge is 0.326 e. The van der Waals surface area contributed by atoms with Crippen LogP contribution in [0.1, 0.15) is 24.8 Å². The summed E-state index contributed by atoms with van der Waals surface area (Å²) < 4.78 is 0. The molecule has 8 nitrogen and oxygen atoms in total. The number of para-hydroxylation sites is 1. The fraction of sp³-hybridized carbons (Fsp3) is 0.346. The molecule has 2 atom stereocenters. The minimum Gasteiger partial charge on any atom is -0.480 e. The highest BCUT2D eigenvalue weighted by Gasteiger charge is 2.36. The van der Waals surface area contributed by atoms with Gasteiger partial charge in [0.2, 0.25) is 11.8 Å². The molecular formula is C26H28N4O4. The quantitative estimate of drug-likeness (QED) is 0.503. The third-order valence-corrected chi connectivity index (χ3v) is 6.84. The van der Waals surface area contributed by atoms with E-state index in [9.17, 15) is 19.5 Å². The van der Waals surface area contributed by atoms with Gasteiger partial charge in [-0.2, -0.15) is 0 Å². The number of nitrogens with one attached hydrogen (secondary N) is 2. The van der Waals surface area contributed by atoms with E-state index < -0.39 is 23.8 Å². The molecule has 0 bridgehead atoms. The Morgan fingerprint density at radius 3 is 2.50 bits per heavy atom. The molecule has 2 amide bonds. The van der Waals surface area contributed by atoms with Crippen LogP contribution in [-0.4, -0.2) is 53.6 Å². The number of carbonyl (C=O) groups excluding carboxylic acids is 2. The van der Waals surface area contributed by atoms with E-state index in [1.54, 1.807) is 11.1 Å². The summed E-state index contributed by atoms with van der Waals surface area (Å²) in [5.74, 6) is -2.22. The number of rotatable bonds is 7. The number of anilines is 2. The minimum atomic E-state index is -1.10. The molecule has 0 aliphatic carbocycles. The Morgan fingerprint density at radius 1 is 1.06 bits per heavy atom. The monoisotopic (exact) mass is 460 g/mol. The molecule has 34 heavy (non-hydrogen) atoms. The van der Waals surface area contributed by atoms with Crippen LogP contribution in [0.4, 0.5) is 11.4 Å². The van der Waals surface area contributed by atoms with E-state index in [1.807, 2.05) is 48.5 Å². The van der Waals surface area contributed by atoms with Crippen molar-refractivity contribution in [2.75, 3.05) is 29.4 Å². The van der Waals surface area contributed by atoms with Crippen LogP contribution >= 0.6 is 0 Å². The number of aromatic amines is 1. The first kappa shape index (κ1) is 22.0. The van der Waals surface area contributed by atoms with Crippen molar-refractivity contribution in [3.8, 4) is 0 Å².